The predicted octanol–water partition coefficient (Wildman–Crippen LogP) is 1.08. The van der Waals surface area contributed by atoms with E-state index < -0.39 is 5.97 Å². The van der Waals surface area contributed by atoms with Crippen LogP contribution in [0.5, 0.6) is 0 Å². The summed E-state index contributed by atoms with van der Waals surface area (Å²) in [6, 6.07) is 1.76. The van der Waals surface area contributed by atoms with Crippen molar-refractivity contribution >= 4 is 5.97 Å². The van der Waals surface area contributed by atoms with Crippen LogP contribution in [0.4, 0.5) is 0 Å². The van der Waals surface area contributed by atoms with Crippen LogP contribution in [0.15, 0.2) is 6.07 Å². The number of hydrogen-bond acceptors (Lipinski definition) is 3. The quantitative estimate of drug-likeness (QED) is 0.747. The maximum atomic E-state index is 10.9. The third-order valence-corrected chi connectivity index (χ3v) is 2.78. The van der Waals surface area contributed by atoms with Crippen LogP contribution >= 0.6 is 0 Å². The highest BCUT2D eigenvalue weighted by atomic mass is 16.4. The molecule has 0 bridgehead atoms. The van der Waals surface area contributed by atoms with Crippen LogP contribution < -0.4 is 0 Å². The summed E-state index contributed by atoms with van der Waals surface area (Å²) in [5, 5.41) is 8.98. The van der Waals surface area contributed by atoms with Crippen LogP contribution in [0, 0.1) is 6.92 Å². The Labute approximate surface area is 88.6 Å². The Morgan fingerprint density at radius 3 is 3.00 bits per heavy atom. The van der Waals surface area contributed by atoms with E-state index in [9.17, 15) is 4.79 Å². The van der Waals surface area contributed by atoms with Gasteiger partial charge in [0.25, 0.3) is 0 Å². The number of pyridine rings is 1. The summed E-state index contributed by atoms with van der Waals surface area (Å²) in [7, 11) is 2.03. The van der Waals surface area contributed by atoms with E-state index in [1.165, 1.54) is 0 Å². The van der Waals surface area contributed by atoms with Crippen molar-refractivity contribution in [3.63, 3.8) is 0 Å². The predicted molar refractivity (Wildman–Crippen MR) is 56.0 cm³/mol. The van der Waals surface area contributed by atoms with Crippen molar-refractivity contribution in [3.05, 3.63) is 28.6 Å². The number of fused-ring (bicyclic) bond motifs is 1. The lowest BCUT2D eigenvalue weighted by Crippen LogP contribution is -2.28. The molecule has 0 atom stereocenters. The second-order valence-corrected chi connectivity index (χ2v) is 4.02. The smallest absolute Gasteiger partial charge is 0.337 e. The van der Waals surface area contributed by atoms with Crippen LogP contribution in [0.3, 0.4) is 0 Å². The van der Waals surface area contributed by atoms with Gasteiger partial charge in [-0.1, -0.05) is 0 Å². The summed E-state index contributed by atoms with van der Waals surface area (Å²) < 4.78 is 0. The number of rotatable bonds is 1. The number of carbonyl (C=O) groups is 1. The number of nitrogens with zero attached hydrogens (tertiary/aromatic N) is 2. The molecular formula is C11H14N2O2. The fourth-order valence-corrected chi connectivity index (χ4v) is 1.93. The van der Waals surface area contributed by atoms with Gasteiger partial charge in [-0.15, -0.1) is 0 Å². The van der Waals surface area contributed by atoms with Crippen LogP contribution in [0.2, 0.25) is 0 Å². The fraction of sp³-hybridized carbons (Fsp3) is 0.455. The Bertz CT molecular complexity index is 415. The summed E-state index contributed by atoms with van der Waals surface area (Å²) >= 11 is 0. The summed E-state index contributed by atoms with van der Waals surface area (Å²) in [6.07, 6.45) is 0.909. The lowest BCUT2D eigenvalue weighted by molar-refractivity contribution is 0.0695. The van der Waals surface area contributed by atoms with E-state index in [1.54, 1.807) is 13.0 Å². The first-order chi connectivity index (χ1) is 7.08. The molecule has 0 aliphatic carbocycles. The van der Waals surface area contributed by atoms with Crippen molar-refractivity contribution in [2.24, 2.45) is 0 Å². The molecule has 2 rings (SSSR count). The maximum absolute atomic E-state index is 10.9. The van der Waals surface area contributed by atoms with Gasteiger partial charge in [0.1, 0.15) is 0 Å². The highest BCUT2D eigenvalue weighted by Crippen LogP contribution is 2.19. The second kappa shape index (κ2) is 3.62. The van der Waals surface area contributed by atoms with E-state index >= 15 is 0 Å². The minimum Gasteiger partial charge on any atom is -0.478 e. The zero-order valence-corrected chi connectivity index (χ0v) is 8.95. The van der Waals surface area contributed by atoms with Crippen LogP contribution in [0.25, 0.3) is 0 Å². The fourth-order valence-electron chi connectivity index (χ4n) is 1.93. The zero-order valence-electron chi connectivity index (χ0n) is 8.95. The molecule has 4 nitrogen and oxygen atoms in total. The highest BCUT2D eigenvalue weighted by Gasteiger charge is 2.18. The Kier molecular flexibility index (Phi) is 2.44. The Morgan fingerprint density at radius 2 is 2.33 bits per heavy atom. The van der Waals surface area contributed by atoms with E-state index in [0.29, 0.717) is 11.3 Å². The molecule has 1 aliphatic rings. The summed E-state index contributed by atoms with van der Waals surface area (Å²) in [4.78, 5) is 17.5. The van der Waals surface area contributed by atoms with E-state index in [4.69, 9.17) is 5.11 Å². The number of carboxylic acids is 1. The number of aromatic nitrogens is 1. The Balaban J connectivity index is 2.47. The summed E-state index contributed by atoms with van der Waals surface area (Å²) in [5.74, 6) is -0.893. The van der Waals surface area contributed by atoms with Gasteiger partial charge in [0.2, 0.25) is 0 Å². The van der Waals surface area contributed by atoms with E-state index in [1.807, 2.05) is 7.05 Å². The molecule has 1 aliphatic heterocycles. The number of carboxylic acid groups (broad SMARTS) is 1. The van der Waals surface area contributed by atoms with Crippen molar-refractivity contribution in [1.29, 1.82) is 0 Å². The van der Waals surface area contributed by atoms with Crippen LogP contribution in [-0.2, 0) is 13.0 Å². The normalized spacial score (nSPS) is 16.1. The van der Waals surface area contributed by atoms with Gasteiger partial charge in [0.05, 0.1) is 11.3 Å². The first-order valence-corrected chi connectivity index (χ1v) is 4.99. The highest BCUT2D eigenvalue weighted by molar-refractivity contribution is 5.89. The van der Waals surface area contributed by atoms with Gasteiger partial charge in [-0.2, -0.15) is 0 Å². The van der Waals surface area contributed by atoms with Crippen LogP contribution in [-0.4, -0.2) is 34.6 Å². The van der Waals surface area contributed by atoms with E-state index in [0.717, 1.165) is 30.8 Å². The minimum atomic E-state index is -0.893. The van der Waals surface area contributed by atoms with Gasteiger partial charge in [0, 0.05) is 25.2 Å². The summed E-state index contributed by atoms with van der Waals surface area (Å²) in [6.45, 7) is 3.54. The standard InChI is InChI=1S/C11H14N2O2/c1-7-9(11(14)15)5-8-6-13(2)4-3-10(8)12-7/h5H,3-4,6H2,1-2H3,(H,14,15). The number of likely N-dealkylation sites (N-methyl/N-ethyl adjacent to an activating group) is 1. The monoisotopic (exact) mass is 206 g/mol. The summed E-state index contributed by atoms with van der Waals surface area (Å²) in [5.41, 5.74) is 3.04. The molecule has 0 fully saturated rings. The molecule has 0 saturated heterocycles. The molecule has 0 saturated carbocycles. The molecule has 1 aromatic rings. The molecule has 0 amide bonds. The molecule has 2 heterocycles. The van der Waals surface area contributed by atoms with Gasteiger partial charge in [-0.25, -0.2) is 4.79 Å². The molecule has 1 N–H and O–H groups in total. The average Bonchev–Trinajstić information content (AvgIpc) is 2.17. The molecule has 15 heavy (non-hydrogen) atoms. The van der Waals surface area contributed by atoms with Crippen molar-refractivity contribution in [2.45, 2.75) is 19.9 Å². The topological polar surface area (TPSA) is 53.4 Å². The van der Waals surface area contributed by atoms with Crippen LogP contribution in [0.1, 0.15) is 27.3 Å². The molecule has 0 spiro atoms. The van der Waals surface area contributed by atoms with Crippen molar-refractivity contribution in [1.82, 2.24) is 9.88 Å². The first-order valence-electron chi connectivity index (χ1n) is 4.99. The Hall–Kier alpha value is -1.42. The molecule has 0 radical (unpaired) electrons. The molecule has 4 heteroatoms. The lowest BCUT2D eigenvalue weighted by atomic mass is 10.0. The molecule has 1 aromatic heterocycles. The van der Waals surface area contributed by atoms with Gasteiger partial charge in [-0.05, 0) is 25.6 Å². The van der Waals surface area contributed by atoms with E-state index in [2.05, 4.69) is 9.88 Å². The molecule has 0 aromatic carbocycles. The number of aromatic carboxylic acids is 1. The van der Waals surface area contributed by atoms with Gasteiger partial charge >= 0.3 is 5.97 Å². The Morgan fingerprint density at radius 1 is 1.60 bits per heavy atom. The van der Waals surface area contributed by atoms with Gasteiger partial charge in [0.15, 0.2) is 0 Å². The SMILES string of the molecule is Cc1nc2c(cc1C(=O)O)CN(C)CC2. The average molecular weight is 206 g/mol. The first kappa shape index (κ1) is 10.1. The van der Waals surface area contributed by atoms with Crippen molar-refractivity contribution in [2.75, 3.05) is 13.6 Å². The van der Waals surface area contributed by atoms with Crippen molar-refractivity contribution in [3.8, 4) is 0 Å². The van der Waals surface area contributed by atoms with Crippen molar-refractivity contribution < 1.29 is 9.90 Å². The van der Waals surface area contributed by atoms with Gasteiger partial charge in [-0.3, -0.25) is 4.98 Å². The zero-order chi connectivity index (χ0) is 11.0. The lowest BCUT2D eigenvalue weighted by Gasteiger charge is -2.24. The molecular weight excluding hydrogens is 192 g/mol. The van der Waals surface area contributed by atoms with Gasteiger partial charge < -0.3 is 10.0 Å². The molecule has 80 valence electrons. The third-order valence-electron chi connectivity index (χ3n) is 2.78. The second-order valence-electron chi connectivity index (χ2n) is 4.02. The minimum absolute atomic E-state index is 0.323. The van der Waals surface area contributed by atoms with E-state index in [-0.39, 0.29) is 0 Å². The third kappa shape index (κ3) is 1.85. The number of aryl methyl sites for hydroxylation is 1. The number of hydrogen-bond donors (Lipinski definition) is 1. The molecule has 0 unspecified atom stereocenters. The largest absolute Gasteiger partial charge is 0.478 e. The maximum Gasteiger partial charge on any atom is 0.337 e.